The number of carboxylic acid groups (broad SMARTS) is 1. The van der Waals surface area contributed by atoms with Gasteiger partial charge in [0.15, 0.2) is 12.4 Å². The van der Waals surface area contributed by atoms with Crippen molar-refractivity contribution in [2.24, 2.45) is 0 Å². The fourth-order valence-electron chi connectivity index (χ4n) is 1.55. The Balaban J connectivity index is 2.32. The molecule has 1 N–H and O–H groups in total. The molecule has 0 aliphatic carbocycles. The molecule has 0 saturated carbocycles. The first kappa shape index (κ1) is 13.0. The van der Waals surface area contributed by atoms with Crippen molar-refractivity contribution in [3.63, 3.8) is 0 Å². The summed E-state index contributed by atoms with van der Waals surface area (Å²) in [4.78, 5) is 10.4. The number of halogens is 2. The first-order valence-corrected chi connectivity index (χ1v) is 5.34. The van der Waals surface area contributed by atoms with Gasteiger partial charge >= 0.3 is 5.97 Å². The van der Waals surface area contributed by atoms with Gasteiger partial charge in [-0.15, -0.1) is 5.10 Å². The number of benzene rings is 1. The third kappa shape index (κ3) is 2.87. The van der Waals surface area contributed by atoms with Crippen LogP contribution in [0.4, 0.5) is 8.78 Å². The zero-order valence-electron chi connectivity index (χ0n) is 9.93. The molecule has 1 aromatic carbocycles. The van der Waals surface area contributed by atoms with Gasteiger partial charge in [-0.25, -0.2) is 18.3 Å². The summed E-state index contributed by atoms with van der Waals surface area (Å²) in [5.74, 6) is -2.53. The molecule has 0 atom stereocenters. The van der Waals surface area contributed by atoms with Gasteiger partial charge in [-0.1, -0.05) is 0 Å². The SMILES string of the molecule is Cc1cc(OCC(=O)O)nn1-c1ccc(F)cc1F. The van der Waals surface area contributed by atoms with E-state index in [1.165, 1.54) is 16.8 Å². The summed E-state index contributed by atoms with van der Waals surface area (Å²) in [6.45, 7) is 1.10. The standard InChI is InChI=1S/C12H10F2N2O3/c1-7-4-11(19-6-12(17)18)15-16(7)10-3-2-8(13)5-9(10)14/h2-5H,6H2,1H3,(H,17,18). The lowest BCUT2D eigenvalue weighted by atomic mass is 10.3. The Labute approximate surface area is 107 Å². The summed E-state index contributed by atoms with van der Waals surface area (Å²) >= 11 is 0. The average Bonchev–Trinajstić information content (AvgIpc) is 2.68. The quantitative estimate of drug-likeness (QED) is 0.920. The molecule has 100 valence electrons. The van der Waals surface area contributed by atoms with Gasteiger partial charge in [0.2, 0.25) is 5.88 Å². The van der Waals surface area contributed by atoms with Crippen molar-refractivity contribution in [3.8, 4) is 11.6 Å². The third-order valence-electron chi connectivity index (χ3n) is 2.35. The van der Waals surface area contributed by atoms with E-state index in [0.29, 0.717) is 5.69 Å². The molecular formula is C12H10F2N2O3. The number of nitrogens with zero attached hydrogens (tertiary/aromatic N) is 2. The van der Waals surface area contributed by atoms with Gasteiger partial charge in [0.1, 0.15) is 11.5 Å². The first-order valence-electron chi connectivity index (χ1n) is 5.34. The van der Waals surface area contributed by atoms with Crippen LogP contribution in [0.25, 0.3) is 5.69 Å². The lowest BCUT2D eigenvalue weighted by Gasteiger charge is -2.05. The number of hydrogen-bond acceptors (Lipinski definition) is 3. The van der Waals surface area contributed by atoms with Crippen LogP contribution < -0.4 is 4.74 Å². The van der Waals surface area contributed by atoms with Crippen LogP contribution in [0.5, 0.6) is 5.88 Å². The number of ether oxygens (including phenoxy) is 1. The van der Waals surface area contributed by atoms with Crippen molar-refractivity contribution in [2.45, 2.75) is 6.92 Å². The van der Waals surface area contributed by atoms with Gasteiger partial charge in [0.25, 0.3) is 0 Å². The molecule has 1 heterocycles. The van der Waals surface area contributed by atoms with Crippen molar-refractivity contribution in [3.05, 3.63) is 41.6 Å². The maximum atomic E-state index is 13.6. The Morgan fingerprint density at radius 2 is 2.16 bits per heavy atom. The van der Waals surface area contributed by atoms with Gasteiger partial charge < -0.3 is 9.84 Å². The number of aliphatic carboxylic acids is 1. The zero-order chi connectivity index (χ0) is 14.0. The molecule has 1 aromatic heterocycles. The van der Waals surface area contributed by atoms with Crippen molar-refractivity contribution in [1.29, 1.82) is 0 Å². The van der Waals surface area contributed by atoms with Crippen LogP contribution in [0, 0.1) is 18.6 Å². The lowest BCUT2D eigenvalue weighted by Crippen LogP contribution is -2.10. The minimum absolute atomic E-state index is 0.0589. The molecule has 0 aliphatic rings. The summed E-state index contributed by atoms with van der Waals surface area (Å²) in [6.07, 6.45) is 0. The third-order valence-corrected chi connectivity index (χ3v) is 2.35. The van der Waals surface area contributed by atoms with E-state index >= 15 is 0 Å². The summed E-state index contributed by atoms with van der Waals surface area (Å²) in [5, 5.41) is 12.4. The van der Waals surface area contributed by atoms with Crippen molar-refractivity contribution in [1.82, 2.24) is 9.78 Å². The van der Waals surface area contributed by atoms with Gasteiger partial charge in [-0.3, -0.25) is 0 Å². The molecular weight excluding hydrogens is 258 g/mol. The second-order valence-corrected chi connectivity index (χ2v) is 3.81. The van der Waals surface area contributed by atoms with E-state index in [-0.39, 0.29) is 11.6 Å². The molecule has 7 heteroatoms. The number of aromatic nitrogens is 2. The maximum absolute atomic E-state index is 13.6. The van der Waals surface area contributed by atoms with Crippen LogP contribution >= 0.6 is 0 Å². The van der Waals surface area contributed by atoms with Gasteiger partial charge in [0, 0.05) is 17.8 Å². The lowest BCUT2D eigenvalue weighted by molar-refractivity contribution is -0.139. The summed E-state index contributed by atoms with van der Waals surface area (Å²) < 4.78 is 32.5. The van der Waals surface area contributed by atoms with E-state index in [1.54, 1.807) is 6.92 Å². The highest BCUT2D eigenvalue weighted by Gasteiger charge is 2.12. The minimum atomic E-state index is -1.14. The van der Waals surface area contributed by atoms with Gasteiger partial charge in [-0.05, 0) is 19.1 Å². The molecule has 2 aromatic rings. The van der Waals surface area contributed by atoms with Gasteiger partial charge in [0.05, 0.1) is 0 Å². The topological polar surface area (TPSA) is 64.3 Å². The van der Waals surface area contributed by atoms with E-state index in [0.717, 1.165) is 12.1 Å². The number of carboxylic acids is 1. The second-order valence-electron chi connectivity index (χ2n) is 3.81. The number of rotatable bonds is 4. The van der Waals surface area contributed by atoms with E-state index in [2.05, 4.69) is 5.10 Å². The minimum Gasteiger partial charge on any atom is -0.479 e. The first-order chi connectivity index (χ1) is 8.97. The smallest absolute Gasteiger partial charge is 0.341 e. The van der Waals surface area contributed by atoms with E-state index in [4.69, 9.17) is 9.84 Å². The highest BCUT2D eigenvalue weighted by atomic mass is 19.1. The molecule has 0 bridgehead atoms. The predicted octanol–water partition coefficient (Wildman–Crippen LogP) is 1.92. The van der Waals surface area contributed by atoms with Crippen LogP contribution in [-0.4, -0.2) is 27.5 Å². The number of carbonyl (C=O) groups is 1. The fourth-order valence-corrected chi connectivity index (χ4v) is 1.55. The second kappa shape index (κ2) is 5.05. The predicted molar refractivity (Wildman–Crippen MR) is 61.3 cm³/mol. The summed E-state index contributed by atoms with van der Waals surface area (Å²) in [7, 11) is 0. The molecule has 5 nitrogen and oxygen atoms in total. The van der Waals surface area contributed by atoms with Crippen LogP contribution in [0.1, 0.15) is 5.69 Å². The Morgan fingerprint density at radius 3 is 2.79 bits per heavy atom. The molecule has 0 fully saturated rings. The Kier molecular flexibility index (Phi) is 3.46. The number of aryl methyl sites for hydroxylation is 1. The molecule has 0 saturated heterocycles. The molecule has 0 amide bonds. The Bertz CT molecular complexity index is 625. The van der Waals surface area contributed by atoms with E-state index < -0.39 is 24.2 Å². The fraction of sp³-hybridized carbons (Fsp3) is 0.167. The highest BCUT2D eigenvalue weighted by Crippen LogP contribution is 2.19. The monoisotopic (exact) mass is 268 g/mol. The zero-order valence-corrected chi connectivity index (χ0v) is 9.93. The molecule has 0 unspecified atom stereocenters. The largest absolute Gasteiger partial charge is 0.479 e. The summed E-state index contributed by atoms with van der Waals surface area (Å²) in [6, 6.07) is 4.56. The van der Waals surface area contributed by atoms with E-state index in [9.17, 15) is 13.6 Å². The normalized spacial score (nSPS) is 10.5. The average molecular weight is 268 g/mol. The van der Waals surface area contributed by atoms with Crippen molar-refractivity contribution in [2.75, 3.05) is 6.61 Å². The van der Waals surface area contributed by atoms with Crippen LogP contribution in [-0.2, 0) is 4.79 Å². The Hall–Kier alpha value is -2.44. The molecule has 0 aliphatic heterocycles. The van der Waals surface area contributed by atoms with E-state index in [1.807, 2.05) is 0 Å². The number of hydrogen-bond donors (Lipinski definition) is 1. The summed E-state index contributed by atoms with van der Waals surface area (Å²) in [5.41, 5.74) is 0.593. The Morgan fingerprint density at radius 1 is 1.42 bits per heavy atom. The van der Waals surface area contributed by atoms with Crippen molar-refractivity contribution < 1.29 is 23.4 Å². The van der Waals surface area contributed by atoms with Crippen molar-refractivity contribution >= 4 is 5.97 Å². The molecule has 0 spiro atoms. The highest BCUT2D eigenvalue weighted by molar-refractivity contribution is 5.68. The van der Waals surface area contributed by atoms with Crippen LogP contribution in [0.15, 0.2) is 24.3 Å². The molecule has 0 radical (unpaired) electrons. The maximum Gasteiger partial charge on any atom is 0.341 e. The molecule has 19 heavy (non-hydrogen) atoms. The van der Waals surface area contributed by atoms with Gasteiger partial charge in [-0.2, -0.15) is 0 Å². The molecule has 2 rings (SSSR count). The van der Waals surface area contributed by atoms with Crippen LogP contribution in [0.2, 0.25) is 0 Å². The van der Waals surface area contributed by atoms with Crippen LogP contribution in [0.3, 0.4) is 0 Å².